The highest BCUT2D eigenvalue weighted by Crippen LogP contribution is 2.04. The average molecular weight is 219 g/mol. The van der Waals surface area contributed by atoms with Gasteiger partial charge in [0.05, 0.1) is 5.60 Å². The first kappa shape index (κ1) is 13.9. The minimum absolute atomic E-state index is 0.258. The third-order valence-electron chi connectivity index (χ3n) is 1.72. The summed E-state index contributed by atoms with van der Waals surface area (Å²) in [4.78, 5) is 21.2. The summed E-state index contributed by atoms with van der Waals surface area (Å²) < 4.78 is 9.68. The van der Waals surface area contributed by atoms with Crippen molar-refractivity contribution in [2.24, 2.45) is 0 Å². The Morgan fingerprint density at radius 1 is 1.33 bits per heavy atom. The maximum atomic E-state index is 11.1. The molecule has 0 rings (SSSR count). The lowest BCUT2D eigenvalue weighted by Crippen LogP contribution is -2.41. The molecule has 0 atom stereocenters. The van der Waals surface area contributed by atoms with Crippen molar-refractivity contribution in [3.05, 3.63) is 0 Å². The van der Waals surface area contributed by atoms with E-state index in [2.05, 4.69) is 10.1 Å². The van der Waals surface area contributed by atoms with Crippen molar-refractivity contribution in [1.29, 1.82) is 0 Å². The quantitative estimate of drug-likeness (QED) is 0.610. The number of aliphatic carboxylic acids is 1. The number of nitrogens with one attached hydrogen (secondary N) is 1. The number of amides is 1. The molecule has 0 unspecified atom stereocenters. The van der Waals surface area contributed by atoms with Crippen LogP contribution >= 0.6 is 0 Å². The first-order valence-electron chi connectivity index (χ1n) is 4.49. The summed E-state index contributed by atoms with van der Waals surface area (Å²) in [6.07, 6.45) is 0. The van der Waals surface area contributed by atoms with Crippen LogP contribution in [0.5, 0.6) is 0 Å². The number of hydrogen-bond acceptors (Lipinski definition) is 4. The van der Waals surface area contributed by atoms with Crippen LogP contribution in [0.15, 0.2) is 0 Å². The Morgan fingerprint density at radius 2 is 1.93 bits per heavy atom. The second kappa shape index (κ2) is 6.36. The standard InChI is InChI=1S/C9H17NO5/c1-9(2,14-3)6-10-7(11)4-15-5-8(12)13/h4-6H2,1-3H3,(H,10,11)(H,12,13). The predicted octanol–water partition coefficient (Wildman–Crippen LogP) is -0.371. The van der Waals surface area contributed by atoms with Crippen molar-refractivity contribution in [3.63, 3.8) is 0 Å². The number of hydrogen-bond donors (Lipinski definition) is 2. The van der Waals surface area contributed by atoms with Crippen LogP contribution in [0.3, 0.4) is 0 Å². The van der Waals surface area contributed by atoms with E-state index in [1.54, 1.807) is 7.11 Å². The first-order chi connectivity index (χ1) is 6.87. The second-order valence-electron chi connectivity index (χ2n) is 3.63. The van der Waals surface area contributed by atoms with Crippen molar-refractivity contribution in [2.75, 3.05) is 26.9 Å². The van der Waals surface area contributed by atoms with Crippen molar-refractivity contribution >= 4 is 11.9 Å². The molecule has 0 saturated carbocycles. The van der Waals surface area contributed by atoms with Gasteiger partial charge in [0, 0.05) is 13.7 Å². The number of carbonyl (C=O) groups excluding carboxylic acids is 1. The van der Waals surface area contributed by atoms with Crippen molar-refractivity contribution in [2.45, 2.75) is 19.4 Å². The number of carbonyl (C=O) groups is 2. The third kappa shape index (κ3) is 7.90. The lowest BCUT2D eigenvalue weighted by atomic mass is 10.1. The average Bonchev–Trinajstić information content (AvgIpc) is 2.14. The van der Waals surface area contributed by atoms with Crippen LogP contribution in [0.25, 0.3) is 0 Å². The highest BCUT2D eigenvalue weighted by Gasteiger charge is 2.17. The van der Waals surface area contributed by atoms with Crippen molar-refractivity contribution < 1.29 is 24.2 Å². The minimum atomic E-state index is -1.10. The second-order valence-corrected chi connectivity index (χ2v) is 3.63. The van der Waals surface area contributed by atoms with Gasteiger partial charge in [-0.3, -0.25) is 4.79 Å². The van der Waals surface area contributed by atoms with Crippen LogP contribution in [-0.4, -0.2) is 49.5 Å². The SMILES string of the molecule is COC(C)(C)CNC(=O)COCC(=O)O. The lowest BCUT2D eigenvalue weighted by molar-refractivity contribution is -0.143. The molecule has 15 heavy (non-hydrogen) atoms. The van der Waals surface area contributed by atoms with E-state index in [-0.39, 0.29) is 12.5 Å². The van der Waals surface area contributed by atoms with Gasteiger partial charge in [0.1, 0.15) is 13.2 Å². The molecule has 0 spiro atoms. The van der Waals surface area contributed by atoms with Crippen LogP contribution < -0.4 is 5.32 Å². The number of ether oxygens (including phenoxy) is 2. The van der Waals surface area contributed by atoms with Gasteiger partial charge < -0.3 is 19.9 Å². The molecule has 0 fully saturated rings. The monoisotopic (exact) mass is 219 g/mol. The Hall–Kier alpha value is -1.14. The Morgan fingerprint density at radius 3 is 2.40 bits per heavy atom. The van der Waals surface area contributed by atoms with E-state index in [4.69, 9.17) is 9.84 Å². The smallest absolute Gasteiger partial charge is 0.329 e. The zero-order valence-corrected chi connectivity index (χ0v) is 9.20. The minimum Gasteiger partial charge on any atom is -0.480 e. The molecule has 0 aromatic heterocycles. The topological polar surface area (TPSA) is 84.9 Å². The maximum absolute atomic E-state index is 11.1. The summed E-state index contributed by atoms with van der Waals surface area (Å²) in [5, 5.41) is 10.8. The van der Waals surface area contributed by atoms with Gasteiger partial charge in [0.15, 0.2) is 0 Å². The largest absolute Gasteiger partial charge is 0.480 e. The molecule has 88 valence electrons. The van der Waals surface area contributed by atoms with E-state index in [9.17, 15) is 9.59 Å². The molecular formula is C9H17NO5. The fourth-order valence-corrected chi connectivity index (χ4v) is 0.666. The van der Waals surface area contributed by atoms with Gasteiger partial charge in [0.2, 0.25) is 5.91 Å². The summed E-state index contributed by atoms with van der Waals surface area (Å²) in [5.74, 6) is -1.46. The van der Waals surface area contributed by atoms with E-state index in [0.29, 0.717) is 6.54 Å². The molecule has 0 bridgehead atoms. The van der Waals surface area contributed by atoms with Gasteiger partial charge in [0.25, 0.3) is 0 Å². The highest BCUT2D eigenvalue weighted by atomic mass is 16.5. The maximum Gasteiger partial charge on any atom is 0.329 e. The van der Waals surface area contributed by atoms with E-state index in [0.717, 1.165) is 0 Å². The number of carboxylic acids is 1. The van der Waals surface area contributed by atoms with Gasteiger partial charge in [-0.15, -0.1) is 0 Å². The Kier molecular flexibility index (Phi) is 5.88. The molecule has 0 aliphatic heterocycles. The molecule has 0 radical (unpaired) electrons. The van der Waals surface area contributed by atoms with E-state index < -0.39 is 18.2 Å². The van der Waals surface area contributed by atoms with E-state index in [1.165, 1.54) is 0 Å². The summed E-state index contributed by atoms with van der Waals surface area (Å²) in [6.45, 7) is 3.27. The molecule has 6 heteroatoms. The zero-order valence-electron chi connectivity index (χ0n) is 9.20. The van der Waals surface area contributed by atoms with E-state index >= 15 is 0 Å². The fourth-order valence-electron chi connectivity index (χ4n) is 0.666. The summed E-state index contributed by atoms with van der Waals surface area (Å²) in [7, 11) is 1.55. The molecule has 2 N–H and O–H groups in total. The van der Waals surface area contributed by atoms with Gasteiger partial charge in [-0.1, -0.05) is 0 Å². The molecule has 1 amide bonds. The number of methoxy groups -OCH3 is 1. The third-order valence-corrected chi connectivity index (χ3v) is 1.72. The highest BCUT2D eigenvalue weighted by molar-refractivity contribution is 5.77. The fraction of sp³-hybridized carbons (Fsp3) is 0.778. The van der Waals surface area contributed by atoms with Crippen molar-refractivity contribution in [3.8, 4) is 0 Å². The molecule has 0 saturated heterocycles. The first-order valence-corrected chi connectivity index (χ1v) is 4.49. The predicted molar refractivity (Wildman–Crippen MR) is 52.6 cm³/mol. The van der Waals surface area contributed by atoms with Crippen LogP contribution in [-0.2, 0) is 19.1 Å². The van der Waals surface area contributed by atoms with Crippen LogP contribution in [0.4, 0.5) is 0 Å². The van der Waals surface area contributed by atoms with Gasteiger partial charge in [-0.05, 0) is 13.8 Å². The summed E-state index contributed by atoms with van der Waals surface area (Å²) in [5.41, 5.74) is -0.442. The number of rotatable bonds is 7. The molecule has 0 heterocycles. The molecular weight excluding hydrogens is 202 g/mol. The summed E-state index contributed by atoms with van der Waals surface area (Å²) in [6, 6.07) is 0. The summed E-state index contributed by atoms with van der Waals surface area (Å²) >= 11 is 0. The zero-order chi connectivity index (χ0) is 11.9. The lowest BCUT2D eigenvalue weighted by Gasteiger charge is -2.22. The van der Waals surface area contributed by atoms with Crippen LogP contribution in [0.1, 0.15) is 13.8 Å². The molecule has 0 aromatic carbocycles. The Labute approximate surface area is 88.6 Å². The van der Waals surface area contributed by atoms with Gasteiger partial charge in [-0.2, -0.15) is 0 Å². The Balaban J connectivity index is 3.62. The normalized spacial score (nSPS) is 11.1. The van der Waals surface area contributed by atoms with Crippen LogP contribution in [0.2, 0.25) is 0 Å². The number of carboxylic acid groups (broad SMARTS) is 1. The van der Waals surface area contributed by atoms with Gasteiger partial charge >= 0.3 is 5.97 Å². The molecule has 0 aliphatic rings. The Bertz CT molecular complexity index is 227. The molecule has 6 nitrogen and oxygen atoms in total. The van der Waals surface area contributed by atoms with Crippen molar-refractivity contribution in [1.82, 2.24) is 5.32 Å². The molecule has 0 aromatic rings. The van der Waals surface area contributed by atoms with Crippen LogP contribution in [0, 0.1) is 0 Å². The van der Waals surface area contributed by atoms with E-state index in [1.807, 2.05) is 13.8 Å². The van der Waals surface area contributed by atoms with Gasteiger partial charge in [-0.25, -0.2) is 4.79 Å². The molecule has 0 aliphatic carbocycles.